The number of rotatable bonds is 11. The van der Waals surface area contributed by atoms with Crippen molar-refractivity contribution >= 4 is 44.8 Å². The van der Waals surface area contributed by atoms with Gasteiger partial charge in [-0.2, -0.15) is 4.98 Å². The summed E-state index contributed by atoms with van der Waals surface area (Å²) in [5.74, 6) is 0.315. The summed E-state index contributed by atoms with van der Waals surface area (Å²) in [6.07, 6.45) is -5.31. The number of halogens is 4. The van der Waals surface area contributed by atoms with Crippen LogP contribution in [0.3, 0.4) is 0 Å². The third-order valence-corrected chi connectivity index (χ3v) is 8.66. The molecule has 4 atom stereocenters. The fourth-order valence-corrected chi connectivity index (χ4v) is 5.88. The van der Waals surface area contributed by atoms with Crippen LogP contribution < -0.4 is 20.3 Å². The molecule has 16 heteroatoms. The summed E-state index contributed by atoms with van der Waals surface area (Å²) in [5, 5.41) is 6.34. The molecular weight excluding hydrogens is 663 g/mol. The second-order valence-electron chi connectivity index (χ2n) is 11.8. The van der Waals surface area contributed by atoms with Crippen LogP contribution in [0.5, 0.6) is 5.88 Å². The van der Waals surface area contributed by atoms with Gasteiger partial charge in [0.2, 0.25) is 17.7 Å². The van der Waals surface area contributed by atoms with E-state index < -0.39 is 30.8 Å². The Morgan fingerprint density at radius 2 is 1.80 bits per heavy atom. The molecule has 0 bridgehead atoms. The minimum atomic E-state index is -4.79. The lowest BCUT2D eigenvalue weighted by Gasteiger charge is -2.29. The molecule has 3 saturated heterocycles. The number of benzene rings is 1. The second-order valence-corrected chi connectivity index (χ2v) is 12.7. The third-order valence-electron chi connectivity index (χ3n) is 8.12. The maximum absolute atomic E-state index is 13.3. The van der Waals surface area contributed by atoms with Gasteiger partial charge in [-0.15, -0.1) is 13.2 Å². The number of alkyl halides is 3. The Kier molecular flexibility index (Phi) is 10.7. The SMILES string of the molecule is CN(C)CCN(C)c1ccc(Nc2ncc(Br)c(O[C@@H]3CO[C@H]4[C@@H]3OC[C@H]4OC(F)(F)F)n2)cc1NC(=O)C1CCN(C)CC1. The second kappa shape index (κ2) is 14.3. The molecule has 248 valence electrons. The minimum Gasteiger partial charge on any atom is -0.468 e. The highest BCUT2D eigenvalue weighted by molar-refractivity contribution is 9.10. The first-order valence-corrected chi connectivity index (χ1v) is 15.6. The molecule has 0 radical (unpaired) electrons. The number of fused-ring (bicyclic) bond motifs is 1. The first-order valence-electron chi connectivity index (χ1n) is 14.8. The van der Waals surface area contributed by atoms with Crippen molar-refractivity contribution in [2.45, 2.75) is 43.6 Å². The lowest BCUT2D eigenvalue weighted by atomic mass is 9.96. The molecule has 4 heterocycles. The predicted octanol–water partition coefficient (Wildman–Crippen LogP) is 3.71. The number of hydrogen-bond acceptors (Lipinski definition) is 11. The first-order chi connectivity index (χ1) is 21.4. The number of hydrogen-bond donors (Lipinski definition) is 2. The van der Waals surface area contributed by atoms with Crippen molar-refractivity contribution in [1.29, 1.82) is 0 Å². The van der Waals surface area contributed by atoms with Crippen molar-refractivity contribution in [1.82, 2.24) is 19.8 Å². The van der Waals surface area contributed by atoms with Crippen LogP contribution in [0.15, 0.2) is 28.9 Å². The molecule has 45 heavy (non-hydrogen) atoms. The molecule has 2 N–H and O–H groups in total. The van der Waals surface area contributed by atoms with Gasteiger partial charge in [0, 0.05) is 31.7 Å². The maximum Gasteiger partial charge on any atom is 0.522 e. The zero-order chi connectivity index (χ0) is 32.3. The number of aromatic nitrogens is 2. The molecule has 1 aromatic carbocycles. The third kappa shape index (κ3) is 8.74. The van der Waals surface area contributed by atoms with Crippen LogP contribution in [-0.4, -0.2) is 124 Å². The Hall–Kier alpha value is -2.76. The Morgan fingerprint density at radius 1 is 1.11 bits per heavy atom. The minimum absolute atomic E-state index is 0.00724. The van der Waals surface area contributed by atoms with E-state index in [4.69, 9.17) is 14.2 Å². The first kappa shape index (κ1) is 33.6. The standard InChI is InChI=1S/C29H39BrF3N7O5/c1-38(2)11-12-40(4)21-6-5-18(13-20(21)36-26(41)17-7-9-39(3)10-8-17)35-28-34-14-19(30)27(37-28)44-22-15-42-25-23(16-43-24(22)25)45-29(31,32)33/h5-6,13-14,17,22-25H,7-12,15-16H2,1-4H3,(H,36,41)(H,34,35,37)/t22-,23-,24-,25-/m1/s1. The molecule has 0 unspecified atom stereocenters. The zero-order valence-electron chi connectivity index (χ0n) is 25.6. The zero-order valence-corrected chi connectivity index (χ0v) is 27.2. The van der Waals surface area contributed by atoms with Crippen LogP contribution in [0.25, 0.3) is 0 Å². The number of nitrogens with zero attached hydrogens (tertiary/aromatic N) is 5. The van der Waals surface area contributed by atoms with Crippen LogP contribution in [-0.2, 0) is 19.0 Å². The highest BCUT2D eigenvalue weighted by Crippen LogP contribution is 2.36. The van der Waals surface area contributed by atoms with Crippen LogP contribution in [0.1, 0.15) is 12.8 Å². The summed E-state index contributed by atoms with van der Waals surface area (Å²) < 4.78 is 60.0. The van der Waals surface area contributed by atoms with Crippen molar-refractivity contribution in [3.8, 4) is 5.88 Å². The monoisotopic (exact) mass is 701 g/mol. The van der Waals surface area contributed by atoms with E-state index in [1.54, 1.807) is 0 Å². The van der Waals surface area contributed by atoms with E-state index in [9.17, 15) is 18.0 Å². The van der Waals surface area contributed by atoms with Gasteiger partial charge in [-0.1, -0.05) is 0 Å². The Bertz CT molecular complexity index is 1330. The topological polar surface area (TPSA) is 114 Å². The number of anilines is 4. The van der Waals surface area contributed by atoms with Crippen molar-refractivity contribution in [3.05, 3.63) is 28.9 Å². The molecule has 2 aromatic rings. The van der Waals surface area contributed by atoms with Crippen LogP contribution in [0.2, 0.25) is 0 Å². The number of piperidine rings is 1. The van der Waals surface area contributed by atoms with Gasteiger partial charge in [0.15, 0.2) is 6.10 Å². The van der Waals surface area contributed by atoms with E-state index in [0.717, 1.165) is 44.7 Å². The van der Waals surface area contributed by atoms with Gasteiger partial charge in [0.25, 0.3) is 0 Å². The number of carbonyl (C=O) groups is 1. The fraction of sp³-hybridized carbons (Fsp3) is 0.621. The number of likely N-dealkylation sites (N-methyl/N-ethyl adjacent to an activating group) is 2. The number of nitrogens with one attached hydrogen (secondary N) is 2. The van der Waals surface area contributed by atoms with E-state index in [0.29, 0.717) is 15.8 Å². The van der Waals surface area contributed by atoms with E-state index >= 15 is 0 Å². The normalized spacial score (nSPS) is 24.1. The van der Waals surface area contributed by atoms with Crippen molar-refractivity contribution < 1.29 is 36.9 Å². The van der Waals surface area contributed by atoms with E-state index in [1.165, 1.54) is 6.20 Å². The van der Waals surface area contributed by atoms with Gasteiger partial charge < -0.3 is 39.5 Å². The maximum atomic E-state index is 13.3. The van der Waals surface area contributed by atoms with E-state index in [2.05, 4.69) is 63.0 Å². The summed E-state index contributed by atoms with van der Waals surface area (Å²) in [4.78, 5) is 28.5. The van der Waals surface area contributed by atoms with Gasteiger partial charge in [0.1, 0.15) is 18.3 Å². The van der Waals surface area contributed by atoms with Crippen LogP contribution >= 0.6 is 15.9 Å². The molecule has 5 rings (SSSR count). The van der Waals surface area contributed by atoms with Crippen molar-refractivity contribution in [2.24, 2.45) is 5.92 Å². The Morgan fingerprint density at radius 3 is 2.49 bits per heavy atom. The molecule has 1 aromatic heterocycles. The van der Waals surface area contributed by atoms with Crippen molar-refractivity contribution in [2.75, 3.05) is 83.1 Å². The molecule has 0 aliphatic carbocycles. The van der Waals surface area contributed by atoms with Gasteiger partial charge in [0.05, 0.1) is 35.3 Å². The number of amides is 1. The Balaban J connectivity index is 1.30. The molecule has 12 nitrogen and oxygen atoms in total. The molecule has 3 aliphatic heterocycles. The summed E-state index contributed by atoms with van der Waals surface area (Å²) in [6, 6.07) is 5.66. The summed E-state index contributed by atoms with van der Waals surface area (Å²) in [7, 11) is 8.07. The van der Waals surface area contributed by atoms with Crippen LogP contribution in [0, 0.1) is 5.92 Å². The van der Waals surface area contributed by atoms with Gasteiger partial charge in [-0.3, -0.25) is 9.53 Å². The van der Waals surface area contributed by atoms with Gasteiger partial charge in [-0.05, 0) is 81.2 Å². The molecular formula is C29H39BrF3N7O5. The van der Waals surface area contributed by atoms with E-state index in [-0.39, 0.29) is 36.9 Å². The molecule has 0 spiro atoms. The lowest BCUT2D eigenvalue weighted by molar-refractivity contribution is -0.348. The Labute approximate surface area is 268 Å². The molecule has 0 saturated carbocycles. The van der Waals surface area contributed by atoms with E-state index in [1.807, 2.05) is 39.3 Å². The lowest BCUT2D eigenvalue weighted by Crippen LogP contribution is -2.37. The van der Waals surface area contributed by atoms with Gasteiger partial charge in [-0.25, -0.2) is 4.98 Å². The number of likely N-dealkylation sites (tertiary alicyclic amines) is 1. The van der Waals surface area contributed by atoms with Gasteiger partial charge >= 0.3 is 6.36 Å². The largest absolute Gasteiger partial charge is 0.522 e. The summed E-state index contributed by atoms with van der Waals surface area (Å²) in [5.41, 5.74) is 2.19. The highest BCUT2D eigenvalue weighted by atomic mass is 79.9. The average Bonchev–Trinajstić information content (AvgIpc) is 3.56. The predicted molar refractivity (Wildman–Crippen MR) is 165 cm³/mol. The number of ether oxygens (including phenoxy) is 4. The molecule has 3 aliphatic rings. The highest BCUT2D eigenvalue weighted by Gasteiger charge is 2.53. The van der Waals surface area contributed by atoms with Crippen molar-refractivity contribution in [3.63, 3.8) is 0 Å². The smallest absolute Gasteiger partial charge is 0.468 e. The molecule has 3 fully saturated rings. The molecule has 1 amide bonds. The average molecular weight is 703 g/mol. The quantitative estimate of drug-likeness (QED) is 0.358. The fourth-order valence-electron chi connectivity index (χ4n) is 5.59. The summed E-state index contributed by atoms with van der Waals surface area (Å²) in [6.45, 7) is 3.10. The van der Waals surface area contributed by atoms with Crippen LogP contribution in [0.4, 0.5) is 36.2 Å². The number of carbonyl (C=O) groups excluding carboxylic acids is 1. The summed E-state index contributed by atoms with van der Waals surface area (Å²) >= 11 is 3.39.